The Kier molecular flexibility index (Phi) is 10.7. The predicted molar refractivity (Wildman–Crippen MR) is 124 cm³/mol. The summed E-state index contributed by atoms with van der Waals surface area (Å²) >= 11 is 0. The third-order valence-corrected chi connectivity index (χ3v) is 6.13. The summed E-state index contributed by atoms with van der Waals surface area (Å²) < 4.78 is 33.3. The number of ether oxygens (including phenoxy) is 1. The van der Waals surface area contributed by atoms with Crippen molar-refractivity contribution < 1.29 is 13.2 Å². The van der Waals surface area contributed by atoms with Crippen LogP contribution in [0.25, 0.3) is 0 Å². The van der Waals surface area contributed by atoms with Gasteiger partial charge >= 0.3 is 0 Å². The fourth-order valence-electron chi connectivity index (χ4n) is 2.66. The zero-order chi connectivity index (χ0) is 19.9. The van der Waals surface area contributed by atoms with Gasteiger partial charge in [-0.05, 0) is 49.8 Å². The summed E-state index contributed by atoms with van der Waals surface area (Å²) in [7, 11) is 0.131. The first-order chi connectivity index (χ1) is 12.8. The van der Waals surface area contributed by atoms with Crippen LogP contribution < -0.4 is 10.0 Å². The molecular formula is C19H33IN4O3S. The Morgan fingerprint density at radius 1 is 1.29 bits per heavy atom. The van der Waals surface area contributed by atoms with Crippen molar-refractivity contribution in [3.8, 4) is 0 Å². The van der Waals surface area contributed by atoms with E-state index < -0.39 is 10.0 Å². The molecule has 28 heavy (non-hydrogen) atoms. The number of likely N-dealkylation sites (N-methyl/N-ethyl adjacent to an activating group) is 1. The molecule has 0 spiro atoms. The molecule has 1 aliphatic rings. The van der Waals surface area contributed by atoms with Gasteiger partial charge in [-0.1, -0.05) is 12.1 Å². The van der Waals surface area contributed by atoms with Crippen molar-refractivity contribution >= 4 is 40.0 Å². The summed E-state index contributed by atoms with van der Waals surface area (Å²) in [6.07, 6.45) is 2.58. The van der Waals surface area contributed by atoms with E-state index in [1.807, 2.05) is 31.0 Å². The molecule has 0 saturated heterocycles. The Balaban J connectivity index is 0.00000392. The molecule has 1 aromatic carbocycles. The number of guanidine groups is 1. The minimum absolute atomic E-state index is 0. The Bertz CT molecular complexity index is 752. The molecule has 2 rings (SSSR count). The van der Waals surface area contributed by atoms with Crippen LogP contribution in [0.3, 0.4) is 0 Å². The molecule has 1 aliphatic carbocycles. The molecule has 0 amide bonds. The number of hydrogen-bond donors (Lipinski definition) is 2. The first-order valence-electron chi connectivity index (χ1n) is 9.40. The molecule has 160 valence electrons. The van der Waals surface area contributed by atoms with E-state index in [9.17, 15) is 8.42 Å². The van der Waals surface area contributed by atoms with Gasteiger partial charge in [0.05, 0.1) is 11.5 Å². The maximum atomic E-state index is 12.5. The van der Waals surface area contributed by atoms with Gasteiger partial charge in [-0.3, -0.25) is 4.99 Å². The van der Waals surface area contributed by atoms with E-state index >= 15 is 0 Å². The van der Waals surface area contributed by atoms with Gasteiger partial charge in [0.25, 0.3) is 0 Å². The van der Waals surface area contributed by atoms with Crippen LogP contribution in [0.4, 0.5) is 0 Å². The van der Waals surface area contributed by atoms with Gasteiger partial charge in [0.2, 0.25) is 10.0 Å². The maximum absolute atomic E-state index is 12.5. The first-order valence-corrected chi connectivity index (χ1v) is 10.9. The first kappa shape index (κ1) is 25.1. The zero-order valence-corrected chi connectivity index (χ0v) is 20.3. The highest BCUT2D eigenvalue weighted by Crippen LogP contribution is 2.28. The standard InChI is InChI=1S/C19H32N4O3S.HI/c1-15-5-6-16(2)18(13-15)27(24,25)22-10-9-21-19(20-3)23(4)11-12-26-14-17-7-8-17;/h5-6,13,17,22H,7-12,14H2,1-4H3,(H,20,21);1H. The largest absolute Gasteiger partial charge is 0.379 e. The van der Waals surface area contributed by atoms with E-state index in [2.05, 4.69) is 15.0 Å². The number of hydrogen-bond acceptors (Lipinski definition) is 4. The van der Waals surface area contributed by atoms with Gasteiger partial charge in [-0.15, -0.1) is 24.0 Å². The van der Waals surface area contributed by atoms with Crippen LogP contribution in [-0.2, 0) is 14.8 Å². The van der Waals surface area contributed by atoms with Gasteiger partial charge in [0, 0.05) is 40.3 Å². The van der Waals surface area contributed by atoms with E-state index in [1.165, 1.54) is 12.8 Å². The molecule has 1 saturated carbocycles. The number of aliphatic imine (C=N–C) groups is 1. The number of aryl methyl sites for hydroxylation is 2. The Morgan fingerprint density at radius 3 is 2.64 bits per heavy atom. The monoisotopic (exact) mass is 524 g/mol. The second-order valence-corrected chi connectivity index (χ2v) is 8.82. The lowest BCUT2D eigenvalue weighted by molar-refractivity contribution is 0.115. The number of nitrogens with one attached hydrogen (secondary N) is 2. The molecule has 0 unspecified atom stereocenters. The Hall–Kier alpha value is -0.910. The zero-order valence-electron chi connectivity index (χ0n) is 17.2. The summed E-state index contributed by atoms with van der Waals surface area (Å²) in [5, 5.41) is 3.17. The quantitative estimate of drug-likeness (QED) is 0.212. The van der Waals surface area contributed by atoms with E-state index in [0.717, 1.165) is 36.2 Å². The van der Waals surface area contributed by atoms with E-state index in [-0.39, 0.29) is 30.5 Å². The van der Waals surface area contributed by atoms with Crippen LogP contribution in [0.5, 0.6) is 0 Å². The average molecular weight is 524 g/mol. The van der Waals surface area contributed by atoms with Crippen molar-refractivity contribution in [1.82, 2.24) is 14.9 Å². The van der Waals surface area contributed by atoms with E-state index in [0.29, 0.717) is 18.0 Å². The minimum atomic E-state index is -3.52. The summed E-state index contributed by atoms with van der Waals surface area (Å²) in [4.78, 5) is 6.54. The highest BCUT2D eigenvalue weighted by molar-refractivity contribution is 14.0. The highest BCUT2D eigenvalue weighted by Gasteiger charge is 2.21. The Labute approximate surface area is 186 Å². The van der Waals surface area contributed by atoms with Crippen LogP contribution in [0.2, 0.25) is 0 Å². The summed E-state index contributed by atoms with van der Waals surface area (Å²) in [6.45, 7) is 6.65. The smallest absolute Gasteiger partial charge is 0.240 e. The van der Waals surface area contributed by atoms with Crippen molar-refractivity contribution in [1.29, 1.82) is 0 Å². The third-order valence-electron chi connectivity index (χ3n) is 4.53. The molecule has 0 atom stereocenters. The lowest BCUT2D eigenvalue weighted by Gasteiger charge is -2.22. The highest BCUT2D eigenvalue weighted by atomic mass is 127. The Morgan fingerprint density at radius 2 is 2.00 bits per heavy atom. The SMILES string of the molecule is CN=C(NCCNS(=O)(=O)c1cc(C)ccc1C)N(C)CCOCC1CC1.I. The molecule has 0 aliphatic heterocycles. The van der Waals surface area contributed by atoms with Crippen LogP contribution in [0, 0.1) is 19.8 Å². The molecule has 1 aromatic rings. The summed E-state index contributed by atoms with van der Waals surface area (Å²) in [5.41, 5.74) is 1.66. The molecule has 1 fully saturated rings. The van der Waals surface area contributed by atoms with Crippen LogP contribution in [0.15, 0.2) is 28.1 Å². The lowest BCUT2D eigenvalue weighted by Crippen LogP contribution is -2.43. The molecule has 0 aromatic heterocycles. The predicted octanol–water partition coefficient (Wildman–Crippen LogP) is 2.13. The topological polar surface area (TPSA) is 83.0 Å². The van der Waals surface area contributed by atoms with Gasteiger partial charge in [-0.25, -0.2) is 13.1 Å². The van der Waals surface area contributed by atoms with Crippen molar-refractivity contribution in [2.75, 3.05) is 46.9 Å². The van der Waals surface area contributed by atoms with E-state index in [1.54, 1.807) is 20.0 Å². The van der Waals surface area contributed by atoms with Gasteiger partial charge in [0.15, 0.2) is 5.96 Å². The molecule has 9 heteroatoms. The van der Waals surface area contributed by atoms with Gasteiger partial charge in [0.1, 0.15) is 0 Å². The van der Waals surface area contributed by atoms with Gasteiger partial charge in [-0.2, -0.15) is 0 Å². The lowest BCUT2D eigenvalue weighted by atomic mass is 10.2. The molecular weight excluding hydrogens is 491 g/mol. The molecule has 0 radical (unpaired) electrons. The normalized spacial score (nSPS) is 14.5. The van der Waals surface area contributed by atoms with Crippen molar-refractivity contribution in [2.24, 2.45) is 10.9 Å². The van der Waals surface area contributed by atoms with Crippen molar-refractivity contribution in [3.05, 3.63) is 29.3 Å². The van der Waals surface area contributed by atoms with Crippen LogP contribution in [-0.4, -0.2) is 66.2 Å². The third kappa shape index (κ3) is 8.22. The number of benzene rings is 1. The molecule has 0 bridgehead atoms. The fourth-order valence-corrected chi connectivity index (χ4v) is 4.02. The minimum Gasteiger partial charge on any atom is -0.379 e. The van der Waals surface area contributed by atoms with Crippen LogP contribution in [0.1, 0.15) is 24.0 Å². The number of rotatable bonds is 10. The van der Waals surface area contributed by atoms with E-state index in [4.69, 9.17) is 4.74 Å². The van der Waals surface area contributed by atoms with Gasteiger partial charge < -0.3 is 15.0 Å². The summed E-state index contributed by atoms with van der Waals surface area (Å²) in [5.74, 6) is 1.48. The number of halogens is 1. The second kappa shape index (κ2) is 11.9. The average Bonchev–Trinajstić information content (AvgIpc) is 3.45. The fraction of sp³-hybridized carbons (Fsp3) is 0.632. The maximum Gasteiger partial charge on any atom is 0.240 e. The number of sulfonamides is 1. The summed E-state index contributed by atoms with van der Waals surface area (Å²) in [6, 6.07) is 5.42. The van der Waals surface area contributed by atoms with Crippen LogP contribution >= 0.6 is 24.0 Å². The number of nitrogens with zero attached hydrogens (tertiary/aromatic N) is 2. The molecule has 7 nitrogen and oxygen atoms in total. The molecule has 0 heterocycles. The van der Waals surface area contributed by atoms with Crippen molar-refractivity contribution in [2.45, 2.75) is 31.6 Å². The second-order valence-electron chi connectivity index (χ2n) is 7.08. The molecule has 2 N–H and O–H groups in total. The van der Waals surface area contributed by atoms with Crippen molar-refractivity contribution in [3.63, 3.8) is 0 Å².